The lowest BCUT2D eigenvalue weighted by atomic mass is 10.0. The molecule has 1 atom stereocenters. The summed E-state index contributed by atoms with van der Waals surface area (Å²) in [7, 11) is -3.69. The highest BCUT2D eigenvalue weighted by molar-refractivity contribution is 7.92. The van der Waals surface area contributed by atoms with Crippen LogP contribution in [0.4, 0.5) is 5.69 Å². The predicted octanol–water partition coefficient (Wildman–Crippen LogP) is 2.11. The first kappa shape index (κ1) is 22.8. The van der Waals surface area contributed by atoms with E-state index in [1.807, 2.05) is 36.4 Å². The smallest absolute Gasteiger partial charge is 0.245 e. The Kier molecular flexibility index (Phi) is 7.33. The summed E-state index contributed by atoms with van der Waals surface area (Å²) in [5.74, 6) is -0.640. The predicted molar refractivity (Wildman–Crippen MR) is 121 cm³/mol. The number of sulfonamides is 1. The van der Waals surface area contributed by atoms with E-state index < -0.39 is 22.0 Å². The topological polar surface area (TPSA) is 86.8 Å². The van der Waals surface area contributed by atoms with Gasteiger partial charge in [0.15, 0.2) is 0 Å². The zero-order valence-corrected chi connectivity index (χ0v) is 18.8. The minimum absolute atomic E-state index is 0.128. The molecule has 0 aliphatic carbocycles. The molecule has 2 amide bonds. The van der Waals surface area contributed by atoms with Crippen molar-refractivity contribution in [3.8, 4) is 0 Å². The third-order valence-electron chi connectivity index (χ3n) is 5.41. The number of amides is 2. The molecule has 0 saturated carbocycles. The van der Waals surface area contributed by atoms with Crippen LogP contribution in [-0.2, 0) is 26.0 Å². The van der Waals surface area contributed by atoms with Gasteiger partial charge in [0.1, 0.15) is 12.6 Å². The van der Waals surface area contributed by atoms with Crippen LogP contribution in [0.5, 0.6) is 0 Å². The maximum Gasteiger partial charge on any atom is 0.245 e. The lowest BCUT2D eigenvalue weighted by Crippen LogP contribution is -2.51. The van der Waals surface area contributed by atoms with Crippen LogP contribution in [0.2, 0.25) is 0 Å². The van der Waals surface area contributed by atoms with Crippen LogP contribution in [0, 0.1) is 6.92 Å². The first-order valence-electron chi connectivity index (χ1n) is 10.4. The molecule has 7 nitrogen and oxygen atoms in total. The van der Waals surface area contributed by atoms with Crippen LogP contribution in [0.15, 0.2) is 54.6 Å². The Morgan fingerprint density at radius 1 is 1.03 bits per heavy atom. The van der Waals surface area contributed by atoms with Crippen molar-refractivity contribution in [2.24, 2.45) is 0 Å². The van der Waals surface area contributed by atoms with Crippen molar-refractivity contribution in [3.05, 3.63) is 65.7 Å². The lowest BCUT2D eigenvalue weighted by Gasteiger charge is -2.27. The second kappa shape index (κ2) is 9.96. The number of carbonyl (C=O) groups excluding carboxylic acids is 2. The quantitative estimate of drug-likeness (QED) is 0.677. The zero-order valence-electron chi connectivity index (χ0n) is 18.0. The van der Waals surface area contributed by atoms with Crippen molar-refractivity contribution in [1.82, 2.24) is 10.2 Å². The Bertz CT molecular complexity index is 1020. The van der Waals surface area contributed by atoms with Gasteiger partial charge in [-0.15, -0.1) is 0 Å². The molecule has 0 spiro atoms. The minimum atomic E-state index is -3.69. The van der Waals surface area contributed by atoms with Crippen molar-refractivity contribution in [2.45, 2.75) is 32.2 Å². The summed E-state index contributed by atoms with van der Waals surface area (Å²) in [4.78, 5) is 27.8. The van der Waals surface area contributed by atoms with Gasteiger partial charge in [-0.05, 0) is 37.0 Å². The fourth-order valence-corrected chi connectivity index (χ4v) is 4.72. The Morgan fingerprint density at radius 2 is 1.65 bits per heavy atom. The summed E-state index contributed by atoms with van der Waals surface area (Å²) in [6.07, 6.45) is 3.33. The van der Waals surface area contributed by atoms with E-state index in [0.29, 0.717) is 25.2 Å². The maximum absolute atomic E-state index is 13.1. The molecular formula is C23H29N3O4S. The Labute approximate surface area is 184 Å². The fourth-order valence-electron chi connectivity index (χ4n) is 3.80. The van der Waals surface area contributed by atoms with Crippen LogP contribution in [0.3, 0.4) is 0 Å². The van der Waals surface area contributed by atoms with Crippen LogP contribution >= 0.6 is 0 Å². The number of anilines is 1. The van der Waals surface area contributed by atoms with E-state index >= 15 is 0 Å². The number of benzene rings is 2. The molecule has 1 saturated heterocycles. The number of nitrogens with one attached hydrogen (secondary N) is 1. The van der Waals surface area contributed by atoms with E-state index in [0.717, 1.165) is 34.5 Å². The van der Waals surface area contributed by atoms with Gasteiger partial charge in [0.05, 0.1) is 11.9 Å². The van der Waals surface area contributed by atoms with Gasteiger partial charge in [0.25, 0.3) is 0 Å². The molecule has 0 bridgehead atoms. The average molecular weight is 444 g/mol. The molecule has 8 heteroatoms. The van der Waals surface area contributed by atoms with Crippen molar-refractivity contribution in [1.29, 1.82) is 0 Å². The third kappa shape index (κ3) is 6.07. The van der Waals surface area contributed by atoms with Gasteiger partial charge >= 0.3 is 0 Å². The number of para-hydroxylation sites is 1. The average Bonchev–Trinajstić information content (AvgIpc) is 3.26. The molecule has 1 heterocycles. The van der Waals surface area contributed by atoms with E-state index in [-0.39, 0.29) is 12.5 Å². The zero-order chi connectivity index (χ0) is 22.4. The van der Waals surface area contributed by atoms with Gasteiger partial charge in [0.2, 0.25) is 21.8 Å². The number of aryl methyl sites for hydroxylation is 1. The highest BCUT2D eigenvalue weighted by Gasteiger charge is 2.30. The van der Waals surface area contributed by atoms with Gasteiger partial charge in [-0.2, -0.15) is 0 Å². The van der Waals surface area contributed by atoms with Gasteiger partial charge < -0.3 is 10.2 Å². The first-order chi connectivity index (χ1) is 14.8. The second-order valence-corrected chi connectivity index (χ2v) is 9.81. The Balaban J connectivity index is 1.79. The van der Waals surface area contributed by atoms with Crippen molar-refractivity contribution in [3.63, 3.8) is 0 Å². The lowest BCUT2D eigenvalue weighted by molar-refractivity contribution is -0.135. The summed E-state index contributed by atoms with van der Waals surface area (Å²) in [5.41, 5.74) is 2.12. The molecule has 31 heavy (non-hydrogen) atoms. The largest absolute Gasteiger partial charge is 0.342 e. The van der Waals surface area contributed by atoms with E-state index in [1.54, 1.807) is 30.0 Å². The molecule has 2 aromatic carbocycles. The third-order valence-corrected chi connectivity index (χ3v) is 6.53. The Morgan fingerprint density at radius 3 is 2.26 bits per heavy atom. The molecular weight excluding hydrogens is 414 g/mol. The molecule has 1 fully saturated rings. The van der Waals surface area contributed by atoms with E-state index in [9.17, 15) is 18.0 Å². The number of nitrogens with zero attached hydrogens (tertiary/aromatic N) is 2. The van der Waals surface area contributed by atoms with Crippen molar-refractivity contribution in [2.75, 3.05) is 30.2 Å². The highest BCUT2D eigenvalue weighted by Crippen LogP contribution is 2.22. The SMILES string of the molecule is Cc1ccccc1N(CC(=O)NC(Cc1ccccc1)C(=O)N1CCCC1)S(C)(=O)=O. The molecule has 1 aliphatic rings. The van der Waals surface area contributed by atoms with Gasteiger partial charge in [-0.3, -0.25) is 13.9 Å². The maximum atomic E-state index is 13.1. The van der Waals surface area contributed by atoms with Crippen LogP contribution in [-0.4, -0.2) is 57.1 Å². The number of carbonyl (C=O) groups is 2. The van der Waals surface area contributed by atoms with E-state index in [2.05, 4.69) is 5.32 Å². The first-order valence-corrected chi connectivity index (χ1v) is 12.3. The molecule has 2 aromatic rings. The fraction of sp³-hybridized carbons (Fsp3) is 0.391. The van der Waals surface area contributed by atoms with Gasteiger partial charge in [0, 0.05) is 19.5 Å². The van der Waals surface area contributed by atoms with Gasteiger partial charge in [-0.1, -0.05) is 48.5 Å². The molecule has 1 aliphatic heterocycles. The van der Waals surface area contributed by atoms with Crippen molar-refractivity contribution < 1.29 is 18.0 Å². The van der Waals surface area contributed by atoms with Crippen LogP contribution in [0.25, 0.3) is 0 Å². The summed E-state index contributed by atoms with van der Waals surface area (Å²) >= 11 is 0. The van der Waals surface area contributed by atoms with Gasteiger partial charge in [-0.25, -0.2) is 8.42 Å². The monoisotopic (exact) mass is 443 g/mol. The molecule has 0 aromatic heterocycles. The molecule has 166 valence electrons. The molecule has 0 radical (unpaired) electrons. The number of hydrogen-bond acceptors (Lipinski definition) is 4. The van der Waals surface area contributed by atoms with E-state index in [4.69, 9.17) is 0 Å². The number of likely N-dealkylation sites (tertiary alicyclic amines) is 1. The molecule has 1 N–H and O–H groups in total. The summed E-state index contributed by atoms with van der Waals surface area (Å²) in [6, 6.07) is 15.7. The number of rotatable bonds is 8. The van der Waals surface area contributed by atoms with Crippen LogP contribution in [0.1, 0.15) is 24.0 Å². The summed E-state index contributed by atoms with van der Waals surface area (Å²) in [5, 5.41) is 2.80. The Hall–Kier alpha value is -2.87. The molecule has 1 unspecified atom stereocenters. The van der Waals surface area contributed by atoms with E-state index in [1.165, 1.54) is 0 Å². The summed E-state index contributed by atoms with van der Waals surface area (Å²) in [6.45, 7) is 2.76. The standard InChI is InChI=1S/C23H29N3O4S/c1-18-10-6-7-13-21(18)26(31(2,29)30)17-22(27)24-20(16-19-11-4-3-5-12-19)23(28)25-14-8-9-15-25/h3-7,10-13,20H,8-9,14-17H2,1-2H3,(H,24,27). The second-order valence-electron chi connectivity index (χ2n) is 7.90. The highest BCUT2D eigenvalue weighted by atomic mass is 32.2. The number of hydrogen-bond donors (Lipinski definition) is 1. The van der Waals surface area contributed by atoms with Crippen LogP contribution < -0.4 is 9.62 Å². The minimum Gasteiger partial charge on any atom is -0.342 e. The van der Waals surface area contributed by atoms with Crippen molar-refractivity contribution >= 4 is 27.5 Å². The normalized spacial score (nSPS) is 14.8. The summed E-state index contributed by atoms with van der Waals surface area (Å²) < 4.78 is 25.9. The molecule has 3 rings (SSSR count).